The van der Waals surface area contributed by atoms with Gasteiger partial charge < -0.3 is 5.32 Å². The van der Waals surface area contributed by atoms with Crippen LogP contribution in [-0.4, -0.2) is 6.34 Å². The van der Waals surface area contributed by atoms with Crippen molar-refractivity contribution in [3.63, 3.8) is 0 Å². The molecule has 1 aliphatic heterocycles. The van der Waals surface area contributed by atoms with Crippen LogP contribution in [0.25, 0.3) is 0 Å². The van der Waals surface area contributed by atoms with Crippen LogP contribution < -0.4 is 5.32 Å². The molecule has 2 heterocycles. The normalized spacial score (nSPS) is 20.5. The average molecular weight is 271 g/mol. The Morgan fingerprint density at radius 3 is 2.86 bits per heavy atom. The van der Waals surface area contributed by atoms with Crippen LogP contribution in [0.1, 0.15) is 21.4 Å². The van der Waals surface area contributed by atoms with Crippen molar-refractivity contribution in [2.75, 3.05) is 0 Å². The fourth-order valence-corrected chi connectivity index (χ4v) is 3.02. The topological polar surface area (TPSA) is 24.4 Å². The zero-order valence-electron chi connectivity index (χ0n) is 8.04. The summed E-state index contributed by atoms with van der Waals surface area (Å²) in [7, 11) is 0. The summed E-state index contributed by atoms with van der Waals surface area (Å²) in [5.41, 5.74) is 1.33. The minimum atomic E-state index is 0.234. The molecule has 1 N–H and O–H groups in total. The van der Waals surface area contributed by atoms with Crippen LogP contribution in [0.4, 0.5) is 0 Å². The number of hydrogen-bond donors (Lipinski definition) is 1. The Morgan fingerprint density at radius 2 is 2.29 bits per heavy atom. The predicted octanol–water partition coefficient (Wildman–Crippen LogP) is 3.27. The minimum absolute atomic E-state index is 0.234. The van der Waals surface area contributed by atoms with Gasteiger partial charge in [0.2, 0.25) is 0 Å². The SMILES string of the molecule is Cc1cc(C2NC=NC=C2Br)c(C)s1. The molecule has 0 aromatic carbocycles. The van der Waals surface area contributed by atoms with Gasteiger partial charge in [0.15, 0.2) is 0 Å². The Balaban J connectivity index is 2.36. The first-order chi connectivity index (χ1) is 6.68. The van der Waals surface area contributed by atoms with E-state index in [2.05, 4.69) is 46.2 Å². The second-order valence-electron chi connectivity index (χ2n) is 3.26. The molecule has 0 spiro atoms. The highest BCUT2D eigenvalue weighted by atomic mass is 79.9. The van der Waals surface area contributed by atoms with Gasteiger partial charge in [-0.2, -0.15) is 0 Å². The first-order valence-electron chi connectivity index (χ1n) is 4.38. The number of thiophene rings is 1. The number of rotatable bonds is 1. The molecule has 1 aromatic rings. The molecule has 2 nitrogen and oxygen atoms in total. The van der Waals surface area contributed by atoms with Crippen LogP contribution in [0.2, 0.25) is 0 Å². The highest BCUT2D eigenvalue weighted by Crippen LogP contribution is 2.33. The van der Waals surface area contributed by atoms with E-state index in [1.54, 1.807) is 6.34 Å². The van der Waals surface area contributed by atoms with Gasteiger partial charge in [0.25, 0.3) is 0 Å². The third-order valence-corrected chi connectivity index (χ3v) is 3.82. The molecule has 0 radical (unpaired) electrons. The summed E-state index contributed by atoms with van der Waals surface area (Å²) in [6.45, 7) is 4.29. The molecular weight excluding hydrogens is 260 g/mol. The van der Waals surface area contributed by atoms with E-state index in [0.29, 0.717) is 0 Å². The molecule has 0 amide bonds. The molecule has 0 fully saturated rings. The number of nitrogens with zero attached hydrogens (tertiary/aromatic N) is 1. The van der Waals surface area contributed by atoms with Gasteiger partial charge >= 0.3 is 0 Å². The van der Waals surface area contributed by atoms with Crippen molar-refractivity contribution >= 4 is 33.6 Å². The summed E-state index contributed by atoms with van der Waals surface area (Å²) >= 11 is 5.36. The smallest absolute Gasteiger partial charge is 0.0886 e. The second-order valence-corrected chi connectivity index (χ2v) is 5.64. The predicted molar refractivity (Wildman–Crippen MR) is 65.2 cm³/mol. The van der Waals surface area contributed by atoms with E-state index in [9.17, 15) is 0 Å². The zero-order chi connectivity index (χ0) is 10.1. The van der Waals surface area contributed by atoms with Gasteiger partial charge in [-0.3, -0.25) is 0 Å². The third-order valence-electron chi connectivity index (χ3n) is 2.18. The van der Waals surface area contributed by atoms with E-state index in [0.717, 1.165) is 4.48 Å². The number of nitrogens with one attached hydrogen (secondary N) is 1. The fraction of sp³-hybridized carbons (Fsp3) is 0.300. The summed E-state index contributed by atoms with van der Waals surface area (Å²) < 4.78 is 1.08. The van der Waals surface area contributed by atoms with Gasteiger partial charge in [0, 0.05) is 20.4 Å². The number of halogens is 1. The second kappa shape index (κ2) is 3.87. The molecule has 0 saturated carbocycles. The van der Waals surface area contributed by atoms with Gasteiger partial charge in [-0.1, -0.05) is 15.9 Å². The summed E-state index contributed by atoms with van der Waals surface area (Å²) in [5.74, 6) is 0. The first kappa shape index (κ1) is 9.93. The lowest BCUT2D eigenvalue weighted by molar-refractivity contribution is 0.779. The first-order valence-corrected chi connectivity index (χ1v) is 5.99. The largest absolute Gasteiger partial charge is 0.365 e. The van der Waals surface area contributed by atoms with Crippen molar-refractivity contribution in [2.45, 2.75) is 19.9 Å². The molecular formula is C10H11BrN2S. The lowest BCUT2D eigenvalue weighted by Crippen LogP contribution is -2.22. The third kappa shape index (κ3) is 1.77. The van der Waals surface area contributed by atoms with E-state index in [1.807, 2.05) is 17.5 Å². The van der Waals surface area contributed by atoms with Crippen LogP contribution in [0.3, 0.4) is 0 Å². The molecule has 14 heavy (non-hydrogen) atoms. The van der Waals surface area contributed by atoms with Gasteiger partial charge in [-0.25, -0.2) is 4.99 Å². The van der Waals surface area contributed by atoms with E-state index in [-0.39, 0.29) is 6.04 Å². The van der Waals surface area contributed by atoms with Crippen molar-refractivity contribution in [3.05, 3.63) is 32.1 Å². The van der Waals surface area contributed by atoms with Crippen molar-refractivity contribution in [1.82, 2.24) is 5.32 Å². The quantitative estimate of drug-likeness (QED) is 0.832. The van der Waals surface area contributed by atoms with E-state index in [4.69, 9.17) is 0 Å². The van der Waals surface area contributed by atoms with Crippen molar-refractivity contribution in [1.29, 1.82) is 0 Å². The van der Waals surface area contributed by atoms with Crippen LogP contribution in [-0.2, 0) is 0 Å². The van der Waals surface area contributed by atoms with E-state index in [1.165, 1.54) is 15.3 Å². The monoisotopic (exact) mass is 270 g/mol. The average Bonchev–Trinajstić information content (AvgIpc) is 2.46. The Morgan fingerprint density at radius 1 is 1.50 bits per heavy atom. The summed E-state index contributed by atoms with van der Waals surface area (Å²) in [4.78, 5) is 6.74. The maximum atomic E-state index is 4.03. The van der Waals surface area contributed by atoms with Gasteiger partial charge in [-0.15, -0.1) is 11.3 Å². The Hall–Kier alpha value is -0.610. The molecule has 1 aromatic heterocycles. The maximum absolute atomic E-state index is 4.03. The zero-order valence-corrected chi connectivity index (χ0v) is 10.4. The number of hydrogen-bond acceptors (Lipinski definition) is 3. The minimum Gasteiger partial charge on any atom is -0.365 e. The van der Waals surface area contributed by atoms with Crippen molar-refractivity contribution in [2.24, 2.45) is 4.99 Å². The molecule has 2 rings (SSSR count). The Bertz CT molecular complexity index is 406. The molecule has 0 bridgehead atoms. The van der Waals surface area contributed by atoms with Gasteiger partial charge in [0.05, 0.1) is 12.4 Å². The van der Waals surface area contributed by atoms with Gasteiger partial charge in [0.1, 0.15) is 0 Å². The molecule has 4 heteroatoms. The lowest BCUT2D eigenvalue weighted by Gasteiger charge is -2.18. The van der Waals surface area contributed by atoms with Crippen molar-refractivity contribution in [3.8, 4) is 0 Å². The molecule has 74 valence electrons. The molecule has 1 aliphatic rings. The molecule has 0 saturated heterocycles. The van der Waals surface area contributed by atoms with Crippen LogP contribution in [0, 0.1) is 13.8 Å². The van der Waals surface area contributed by atoms with Crippen molar-refractivity contribution < 1.29 is 0 Å². The Kier molecular flexibility index (Phi) is 2.74. The standard InChI is InChI=1S/C10H11BrN2S/c1-6-3-8(7(2)14-6)10-9(11)4-12-5-13-10/h3-5,10H,1-2H3,(H,12,13). The summed E-state index contributed by atoms with van der Waals surface area (Å²) in [6.07, 6.45) is 3.58. The number of aliphatic imine (C=N–C) groups is 1. The summed E-state index contributed by atoms with van der Waals surface area (Å²) in [6, 6.07) is 2.46. The molecule has 0 aliphatic carbocycles. The maximum Gasteiger partial charge on any atom is 0.0886 e. The highest BCUT2D eigenvalue weighted by molar-refractivity contribution is 9.11. The summed E-state index contributed by atoms with van der Waals surface area (Å²) in [5, 5.41) is 3.24. The van der Waals surface area contributed by atoms with Gasteiger partial charge in [-0.05, 0) is 25.5 Å². The number of aryl methyl sites for hydroxylation is 2. The van der Waals surface area contributed by atoms with E-state index < -0.39 is 0 Å². The van der Waals surface area contributed by atoms with E-state index >= 15 is 0 Å². The molecule has 1 atom stereocenters. The highest BCUT2D eigenvalue weighted by Gasteiger charge is 2.19. The fourth-order valence-electron chi connectivity index (χ4n) is 1.56. The van der Waals surface area contributed by atoms with Crippen LogP contribution in [0.5, 0.6) is 0 Å². The van der Waals surface area contributed by atoms with Crippen LogP contribution in [0.15, 0.2) is 21.7 Å². The Labute approximate surface area is 95.9 Å². The van der Waals surface area contributed by atoms with Crippen LogP contribution >= 0.6 is 27.3 Å². The lowest BCUT2D eigenvalue weighted by atomic mass is 10.1. The molecule has 1 unspecified atom stereocenters.